The van der Waals surface area contributed by atoms with Gasteiger partial charge in [0, 0.05) is 56.8 Å². The molecule has 0 amide bonds. The molecule has 1 saturated heterocycles. The number of anilines is 3. The summed E-state index contributed by atoms with van der Waals surface area (Å²) in [7, 11) is 0. The van der Waals surface area contributed by atoms with Gasteiger partial charge in [-0.2, -0.15) is 4.98 Å². The van der Waals surface area contributed by atoms with E-state index in [-0.39, 0.29) is 5.69 Å². The topological polar surface area (TPSA) is 78.7 Å². The third-order valence-electron chi connectivity index (χ3n) is 5.64. The molecular weight excluding hydrogens is 442 g/mol. The van der Waals surface area contributed by atoms with E-state index in [9.17, 15) is 13.9 Å². The van der Waals surface area contributed by atoms with Crippen LogP contribution in [0, 0.1) is 18.6 Å². The van der Waals surface area contributed by atoms with Crippen LogP contribution >= 0.6 is 0 Å². The fourth-order valence-electron chi connectivity index (χ4n) is 4.06. The lowest BCUT2D eigenvalue weighted by atomic mass is 10.1. The van der Waals surface area contributed by atoms with Crippen LogP contribution in [0.15, 0.2) is 42.7 Å². The lowest BCUT2D eigenvalue weighted by Gasteiger charge is -2.37. The summed E-state index contributed by atoms with van der Waals surface area (Å²) < 4.78 is 33.7. The van der Waals surface area contributed by atoms with Gasteiger partial charge >= 0.3 is 0 Å². The molecule has 2 heterocycles. The Morgan fingerprint density at radius 1 is 1.03 bits per heavy atom. The maximum atomic E-state index is 13.5. The van der Waals surface area contributed by atoms with Crippen molar-refractivity contribution < 1.29 is 18.6 Å². The van der Waals surface area contributed by atoms with Crippen molar-refractivity contribution in [2.24, 2.45) is 0 Å². The van der Waals surface area contributed by atoms with Crippen LogP contribution in [0.4, 0.5) is 26.1 Å². The molecule has 3 aromatic rings. The monoisotopic (exact) mass is 472 g/mol. The highest BCUT2D eigenvalue weighted by Crippen LogP contribution is 2.25. The third kappa shape index (κ3) is 6.28. The normalized spacial score (nSPS) is 15.5. The van der Waals surface area contributed by atoms with Crippen molar-refractivity contribution in [3.05, 3.63) is 59.9 Å². The zero-order valence-corrected chi connectivity index (χ0v) is 19.4. The molecule has 8 nitrogen and oxygen atoms in total. The number of halogens is 2. The molecule has 0 spiro atoms. The fraction of sp³-hybridized carbons (Fsp3) is 0.417. The number of ether oxygens (including phenoxy) is 1. The molecule has 0 saturated carbocycles. The number of aromatic nitrogens is 3. The largest absolute Gasteiger partial charge is 0.389 e. The van der Waals surface area contributed by atoms with Gasteiger partial charge in [0.2, 0.25) is 5.95 Å². The van der Waals surface area contributed by atoms with Gasteiger partial charge in [0.25, 0.3) is 0 Å². The molecule has 0 bridgehead atoms. The lowest BCUT2D eigenvalue weighted by molar-refractivity contribution is 0.0202. The Bertz CT molecular complexity index is 1080. The second kappa shape index (κ2) is 10.9. The Hall–Kier alpha value is -3.08. The van der Waals surface area contributed by atoms with E-state index in [2.05, 4.69) is 31.3 Å². The Balaban J connectivity index is 1.39. The van der Waals surface area contributed by atoms with Gasteiger partial charge in [-0.05, 0) is 49.7 Å². The number of piperazine rings is 1. The smallest absolute Gasteiger partial charge is 0.246 e. The first-order valence-electron chi connectivity index (χ1n) is 11.4. The van der Waals surface area contributed by atoms with Gasteiger partial charge in [-0.3, -0.25) is 4.90 Å². The van der Waals surface area contributed by atoms with Crippen LogP contribution in [0.3, 0.4) is 0 Å². The van der Waals surface area contributed by atoms with Crippen LogP contribution < -0.4 is 10.2 Å². The van der Waals surface area contributed by atoms with Crippen LogP contribution in [-0.4, -0.2) is 76.8 Å². The number of nitrogens with one attached hydrogen (secondary N) is 1. The molecule has 2 aromatic carbocycles. The summed E-state index contributed by atoms with van der Waals surface area (Å²) in [4.78, 5) is 8.78. The summed E-state index contributed by atoms with van der Waals surface area (Å²) in [6, 6.07) is 9.37. The van der Waals surface area contributed by atoms with Gasteiger partial charge in [0.1, 0.15) is 18.0 Å². The molecule has 4 rings (SSSR count). The van der Waals surface area contributed by atoms with Crippen LogP contribution in [-0.2, 0) is 4.74 Å². The number of aliphatic hydroxyl groups is 1. The maximum absolute atomic E-state index is 13.5. The van der Waals surface area contributed by atoms with Crippen molar-refractivity contribution in [2.45, 2.75) is 20.0 Å². The fourth-order valence-corrected chi connectivity index (χ4v) is 4.06. The molecule has 1 unspecified atom stereocenters. The van der Waals surface area contributed by atoms with Gasteiger partial charge < -0.3 is 20.1 Å². The molecule has 1 aliphatic rings. The zero-order valence-electron chi connectivity index (χ0n) is 19.4. The molecular formula is C24H30F2N6O2. The van der Waals surface area contributed by atoms with Gasteiger partial charge in [-0.1, -0.05) is 0 Å². The molecule has 1 fully saturated rings. The number of β-amino-alcohol motifs (C(OH)–C–C–N with tert-alkyl or cyclic N) is 1. The molecule has 2 N–H and O–H groups in total. The summed E-state index contributed by atoms with van der Waals surface area (Å²) in [5.74, 6) is -1.02. The minimum absolute atomic E-state index is 0.257. The minimum Gasteiger partial charge on any atom is -0.389 e. The van der Waals surface area contributed by atoms with Crippen molar-refractivity contribution in [1.29, 1.82) is 0 Å². The van der Waals surface area contributed by atoms with E-state index >= 15 is 0 Å². The predicted molar refractivity (Wildman–Crippen MR) is 127 cm³/mol. The van der Waals surface area contributed by atoms with Gasteiger partial charge in [0.05, 0.1) is 18.4 Å². The highest BCUT2D eigenvalue weighted by molar-refractivity contribution is 5.64. The number of rotatable bonds is 9. The van der Waals surface area contributed by atoms with E-state index in [1.165, 1.54) is 23.1 Å². The molecule has 1 aliphatic heterocycles. The first-order chi connectivity index (χ1) is 16.4. The highest BCUT2D eigenvalue weighted by Gasteiger charge is 2.20. The zero-order chi connectivity index (χ0) is 24.1. The highest BCUT2D eigenvalue weighted by atomic mass is 19.1. The van der Waals surface area contributed by atoms with Crippen molar-refractivity contribution >= 4 is 17.3 Å². The standard InChI is InChI=1S/C24H30F2N6O2/c1-3-34-15-23(33)14-30-4-6-31(7-5-30)21-9-17(2)8-20(13-21)28-24-27-16-32(29-24)22-11-18(25)10-19(26)12-22/h8-13,16,23,33H,3-7,14-15H2,1-2H3,(H,28,29). The van der Waals surface area contributed by atoms with Crippen molar-refractivity contribution in [2.75, 3.05) is 56.2 Å². The summed E-state index contributed by atoms with van der Waals surface area (Å²) >= 11 is 0. The minimum atomic E-state index is -0.674. The molecule has 0 radical (unpaired) electrons. The Kier molecular flexibility index (Phi) is 7.71. The molecule has 182 valence electrons. The van der Waals surface area contributed by atoms with Crippen LogP contribution in [0.2, 0.25) is 0 Å². The van der Waals surface area contributed by atoms with E-state index in [1.807, 2.05) is 26.0 Å². The molecule has 0 aliphatic carbocycles. The molecule has 34 heavy (non-hydrogen) atoms. The van der Waals surface area contributed by atoms with E-state index in [1.54, 1.807) is 0 Å². The first-order valence-corrected chi connectivity index (χ1v) is 11.4. The molecule has 1 aromatic heterocycles. The summed E-state index contributed by atoms with van der Waals surface area (Å²) in [5, 5.41) is 17.6. The summed E-state index contributed by atoms with van der Waals surface area (Å²) in [6.07, 6.45) is 0.935. The quantitative estimate of drug-likeness (QED) is 0.496. The Morgan fingerprint density at radius 3 is 2.47 bits per heavy atom. The SMILES string of the molecule is CCOCC(O)CN1CCN(c2cc(C)cc(Nc3ncn(-c4cc(F)cc(F)c4)n3)c2)CC1. The third-order valence-corrected chi connectivity index (χ3v) is 5.64. The van der Waals surface area contributed by atoms with E-state index in [0.717, 1.165) is 49.2 Å². The van der Waals surface area contributed by atoms with Gasteiger partial charge in [0.15, 0.2) is 0 Å². The van der Waals surface area contributed by atoms with Crippen molar-refractivity contribution in [3.8, 4) is 5.69 Å². The average molecular weight is 473 g/mol. The Labute approximate surface area is 197 Å². The number of benzene rings is 2. The summed E-state index contributed by atoms with van der Waals surface area (Å²) in [6.45, 7) is 8.93. The van der Waals surface area contributed by atoms with Crippen molar-refractivity contribution in [3.63, 3.8) is 0 Å². The molecule has 1 atom stereocenters. The summed E-state index contributed by atoms with van der Waals surface area (Å²) in [5.41, 5.74) is 3.25. The average Bonchev–Trinajstić information content (AvgIpc) is 3.25. The maximum Gasteiger partial charge on any atom is 0.246 e. The van der Waals surface area contributed by atoms with E-state index in [0.29, 0.717) is 25.7 Å². The van der Waals surface area contributed by atoms with Gasteiger partial charge in [-0.25, -0.2) is 13.5 Å². The number of aryl methyl sites for hydroxylation is 1. The van der Waals surface area contributed by atoms with Gasteiger partial charge in [-0.15, -0.1) is 5.10 Å². The Morgan fingerprint density at radius 2 is 1.76 bits per heavy atom. The lowest BCUT2D eigenvalue weighted by Crippen LogP contribution is -2.49. The first kappa shape index (κ1) is 24.1. The molecule has 10 heteroatoms. The number of aliphatic hydroxyl groups excluding tert-OH is 1. The van der Waals surface area contributed by atoms with Crippen LogP contribution in [0.1, 0.15) is 12.5 Å². The second-order valence-electron chi connectivity index (χ2n) is 8.42. The van der Waals surface area contributed by atoms with Crippen LogP contribution in [0.25, 0.3) is 5.69 Å². The number of hydrogen-bond donors (Lipinski definition) is 2. The van der Waals surface area contributed by atoms with E-state index in [4.69, 9.17) is 4.74 Å². The predicted octanol–water partition coefficient (Wildman–Crippen LogP) is 3.12. The second-order valence-corrected chi connectivity index (χ2v) is 8.42. The van der Waals surface area contributed by atoms with E-state index < -0.39 is 17.7 Å². The van der Waals surface area contributed by atoms with Crippen LogP contribution in [0.5, 0.6) is 0 Å². The van der Waals surface area contributed by atoms with Crippen molar-refractivity contribution in [1.82, 2.24) is 19.7 Å². The number of nitrogens with zero attached hydrogens (tertiary/aromatic N) is 5. The number of hydrogen-bond acceptors (Lipinski definition) is 7.